The van der Waals surface area contributed by atoms with Gasteiger partial charge in [-0.2, -0.15) is 0 Å². The van der Waals surface area contributed by atoms with Crippen LogP contribution in [0.1, 0.15) is 25.5 Å². The highest BCUT2D eigenvalue weighted by atomic mass is 32.2. The van der Waals surface area contributed by atoms with Crippen molar-refractivity contribution in [3.05, 3.63) is 29.8 Å². The fourth-order valence-corrected chi connectivity index (χ4v) is 2.38. The molecule has 3 amide bonds. The highest BCUT2D eigenvalue weighted by molar-refractivity contribution is 7.89. The molecule has 0 aliphatic rings. The molecule has 1 rings (SSSR count). The van der Waals surface area contributed by atoms with Crippen molar-refractivity contribution in [2.24, 2.45) is 5.14 Å². The summed E-state index contributed by atoms with van der Waals surface area (Å²) in [5, 5.41) is 10.3. The van der Waals surface area contributed by atoms with Gasteiger partial charge in [0.05, 0.1) is 10.9 Å². The molecule has 23 heavy (non-hydrogen) atoms. The molecule has 0 radical (unpaired) electrons. The third kappa shape index (κ3) is 5.87. The van der Waals surface area contributed by atoms with Crippen LogP contribution in [0.2, 0.25) is 0 Å². The number of carbonyl (C=O) groups excluding carboxylic acids is 2. The number of nitrogens with one attached hydrogen (secondary N) is 2. The molecule has 0 heterocycles. The predicted molar refractivity (Wildman–Crippen MR) is 86.1 cm³/mol. The van der Waals surface area contributed by atoms with Gasteiger partial charge in [-0.05, 0) is 24.6 Å². The van der Waals surface area contributed by atoms with Crippen molar-refractivity contribution in [3.63, 3.8) is 0 Å². The predicted octanol–water partition coefficient (Wildman–Crippen LogP) is 0.173. The van der Waals surface area contributed by atoms with Crippen molar-refractivity contribution in [1.29, 1.82) is 0 Å². The largest absolute Gasteiger partial charge is 0.355 e. The molecule has 0 fully saturated rings. The van der Waals surface area contributed by atoms with E-state index >= 15 is 0 Å². The molecule has 4 N–H and O–H groups in total. The summed E-state index contributed by atoms with van der Waals surface area (Å²) in [6.07, 6.45) is 0. The first-order valence-corrected chi connectivity index (χ1v) is 8.55. The Morgan fingerprint density at radius 1 is 1.17 bits per heavy atom. The molecule has 0 bridgehead atoms. The van der Waals surface area contributed by atoms with Gasteiger partial charge in [-0.15, -0.1) is 0 Å². The lowest BCUT2D eigenvalue weighted by Crippen LogP contribution is -2.42. The Hall–Kier alpha value is -2.13. The van der Waals surface area contributed by atoms with Crippen molar-refractivity contribution in [2.45, 2.75) is 24.8 Å². The molecular formula is C14H22N4O4S. The number of benzene rings is 1. The lowest BCUT2D eigenvalue weighted by atomic mass is 10.1. The van der Waals surface area contributed by atoms with Crippen molar-refractivity contribution in [2.75, 3.05) is 20.1 Å². The zero-order valence-electron chi connectivity index (χ0n) is 13.4. The zero-order chi connectivity index (χ0) is 17.6. The summed E-state index contributed by atoms with van der Waals surface area (Å²) >= 11 is 0. The maximum Gasteiger partial charge on any atom is 0.317 e. The van der Waals surface area contributed by atoms with Crippen LogP contribution in [0.15, 0.2) is 29.2 Å². The van der Waals surface area contributed by atoms with E-state index in [0.29, 0.717) is 13.1 Å². The first kappa shape index (κ1) is 18.9. The normalized spacial score (nSPS) is 12.3. The van der Waals surface area contributed by atoms with Gasteiger partial charge in [0.15, 0.2) is 0 Å². The second-order valence-electron chi connectivity index (χ2n) is 5.12. The van der Waals surface area contributed by atoms with E-state index in [1.807, 2.05) is 6.92 Å². The van der Waals surface area contributed by atoms with Gasteiger partial charge in [-0.25, -0.2) is 18.4 Å². The zero-order valence-corrected chi connectivity index (χ0v) is 14.2. The van der Waals surface area contributed by atoms with Crippen LogP contribution in [0.3, 0.4) is 0 Å². The Balaban J connectivity index is 2.63. The van der Waals surface area contributed by atoms with Gasteiger partial charge in [0, 0.05) is 27.1 Å². The second-order valence-corrected chi connectivity index (χ2v) is 6.68. The Bertz CT molecular complexity index is 658. The SMILES string of the molecule is CC(=O)NCCNC(=O)N(C)[C@H](C)c1ccc(S(N)(=O)=O)cc1. The first-order chi connectivity index (χ1) is 10.6. The monoisotopic (exact) mass is 342 g/mol. The summed E-state index contributed by atoms with van der Waals surface area (Å²) in [6.45, 7) is 3.90. The first-order valence-electron chi connectivity index (χ1n) is 7.00. The highest BCUT2D eigenvalue weighted by Gasteiger charge is 2.17. The molecule has 128 valence electrons. The van der Waals surface area contributed by atoms with Crippen LogP contribution in [-0.4, -0.2) is 45.4 Å². The highest BCUT2D eigenvalue weighted by Crippen LogP contribution is 2.20. The number of carbonyl (C=O) groups is 2. The summed E-state index contributed by atoms with van der Waals surface area (Å²) in [5.74, 6) is -0.157. The van der Waals surface area contributed by atoms with Gasteiger partial charge in [-0.3, -0.25) is 4.79 Å². The van der Waals surface area contributed by atoms with Crippen LogP contribution in [0.4, 0.5) is 4.79 Å². The smallest absolute Gasteiger partial charge is 0.317 e. The molecule has 0 unspecified atom stereocenters. The Kier molecular flexibility index (Phi) is 6.52. The minimum absolute atomic E-state index is 0.0239. The molecule has 0 saturated carbocycles. The van der Waals surface area contributed by atoms with Crippen LogP contribution in [0.5, 0.6) is 0 Å². The number of nitrogens with two attached hydrogens (primary N) is 1. The second kappa shape index (κ2) is 7.93. The van der Waals surface area contributed by atoms with E-state index < -0.39 is 10.0 Å². The number of urea groups is 1. The molecule has 0 aromatic heterocycles. The fraction of sp³-hybridized carbons (Fsp3) is 0.429. The van der Waals surface area contributed by atoms with Crippen LogP contribution in [-0.2, 0) is 14.8 Å². The summed E-state index contributed by atoms with van der Waals surface area (Å²) in [5.41, 5.74) is 0.775. The average molecular weight is 342 g/mol. The quantitative estimate of drug-likeness (QED) is 0.638. The molecule has 9 heteroatoms. The molecule has 0 aliphatic heterocycles. The molecule has 1 atom stereocenters. The maximum absolute atomic E-state index is 12.0. The minimum atomic E-state index is -3.73. The van der Waals surface area contributed by atoms with Gasteiger partial charge in [0.25, 0.3) is 0 Å². The molecule has 0 aliphatic carbocycles. The molecule has 1 aromatic carbocycles. The van der Waals surface area contributed by atoms with E-state index in [-0.39, 0.29) is 22.9 Å². The van der Waals surface area contributed by atoms with Crippen LogP contribution >= 0.6 is 0 Å². The Morgan fingerprint density at radius 2 is 1.70 bits per heavy atom. The van der Waals surface area contributed by atoms with Crippen LogP contribution in [0.25, 0.3) is 0 Å². The van der Waals surface area contributed by atoms with Crippen molar-refractivity contribution in [3.8, 4) is 0 Å². The molecular weight excluding hydrogens is 320 g/mol. The third-order valence-electron chi connectivity index (χ3n) is 3.37. The van der Waals surface area contributed by atoms with Gasteiger partial charge in [-0.1, -0.05) is 12.1 Å². The Morgan fingerprint density at radius 3 is 2.17 bits per heavy atom. The van der Waals surface area contributed by atoms with Crippen molar-refractivity contribution >= 4 is 22.0 Å². The van der Waals surface area contributed by atoms with E-state index in [1.165, 1.54) is 24.0 Å². The summed E-state index contributed by atoms with van der Waals surface area (Å²) in [7, 11) is -2.10. The number of nitrogens with zero attached hydrogens (tertiary/aromatic N) is 1. The molecule has 0 spiro atoms. The van der Waals surface area contributed by atoms with E-state index in [2.05, 4.69) is 10.6 Å². The Labute approximate surface area is 136 Å². The number of hydrogen-bond acceptors (Lipinski definition) is 4. The maximum atomic E-state index is 12.0. The summed E-state index contributed by atoms with van der Waals surface area (Å²) < 4.78 is 22.4. The number of primary sulfonamides is 1. The van der Waals surface area contributed by atoms with E-state index in [4.69, 9.17) is 5.14 Å². The lowest BCUT2D eigenvalue weighted by Gasteiger charge is -2.25. The van der Waals surface area contributed by atoms with E-state index in [1.54, 1.807) is 19.2 Å². The number of hydrogen-bond donors (Lipinski definition) is 3. The van der Waals surface area contributed by atoms with Crippen LogP contribution in [0, 0.1) is 0 Å². The number of rotatable bonds is 6. The summed E-state index contributed by atoms with van der Waals surface area (Å²) in [6, 6.07) is 5.49. The molecule has 8 nitrogen and oxygen atoms in total. The van der Waals surface area contributed by atoms with E-state index in [0.717, 1.165) is 5.56 Å². The summed E-state index contributed by atoms with van der Waals surface area (Å²) in [4.78, 5) is 24.3. The minimum Gasteiger partial charge on any atom is -0.355 e. The topological polar surface area (TPSA) is 122 Å². The number of sulfonamides is 1. The van der Waals surface area contributed by atoms with Gasteiger partial charge < -0.3 is 15.5 Å². The van der Waals surface area contributed by atoms with E-state index in [9.17, 15) is 18.0 Å². The molecule has 0 saturated heterocycles. The third-order valence-corrected chi connectivity index (χ3v) is 4.30. The standard InChI is InChI=1S/C14H22N4O4S/c1-10(12-4-6-13(7-5-12)23(15,21)22)18(3)14(20)17-9-8-16-11(2)19/h4-7,10H,8-9H2,1-3H3,(H,16,19)(H,17,20)(H2,15,21,22)/t10-/m1/s1. The van der Waals surface area contributed by atoms with Crippen LogP contribution < -0.4 is 15.8 Å². The van der Waals surface area contributed by atoms with Gasteiger partial charge in [0.2, 0.25) is 15.9 Å². The van der Waals surface area contributed by atoms with Gasteiger partial charge >= 0.3 is 6.03 Å². The number of amides is 3. The van der Waals surface area contributed by atoms with Crippen molar-refractivity contribution < 1.29 is 18.0 Å². The van der Waals surface area contributed by atoms with Crippen molar-refractivity contribution in [1.82, 2.24) is 15.5 Å². The lowest BCUT2D eigenvalue weighted by molar-refractivity contribution is -0.118. The molecule has 1 aromatic rings. The fourth-order valence-electron chi connectivity index (χ4n) is 1.87. The van der Waals surface area contributed by atoms with Gasteiger partial charge in [0.1, 0.15) is 0 Å². The average Bonchev–Trinajstić information content (AvgIpc) is 2.49.